The highest BCUT2D eigenvalue weighted by Crippen LogP contribution is 2.32. The second-order valence-corrected chi connectivity index (χ2v) is 7.98. The molecule has 2 aliphatic heterocycles. The zero-order chi connectivity index (χ0) is 20.5. The molecule has 5 rings (SSSR count). The third-order valence-corrected chi connectivity index (χ3v) is 6.01. The van der Waals surface area contributed by atoms with Gasteiger partial charge in [-0.3, -0.25) is 14.5 Å². The van der Waals surface area contributed by atoms with Crippen LogP contribution in [0.3, 0.4) is 0 Å². The second kappa shape index (κ2) is 7.95. The number of H-pyrrole nitrogens is 1. The number of pyridine rings is 1. The van der Waals surface area contributed by atoms with Crippen molar-refractivity contribution < 1.29 is 14.3 Å². The van der Waals surface area contributed by atoms with Crippen molar-refractivity contribution in [2.45, 2.75) is 19.4 Å². The van der Waals surface area contributed by atoms with Gasteiger partial charge in [-0.25, -0.2) is 0 Å². The Balaban J connectivity index is 1.24. The van der Waals surface area contributed by atoms with Gasteiger partial charge < -0.3 is 14.5 Å². The van der Waals surface area contributed by atoms with Crippen LogP contribution in [0.1, 0.15) is 28.8 Å². The summed E-state index contributed by atoms with van der Waals surface area (Å²) in [5.74, 6) is 1.52. The number of likely N-dealkylation sites (tertiary alicyclic amines) is 1. The molecular formula is C24H24N2O4. The van der Waals surface area contributed by atoms with E-state index in [9.17, 15) is 9.59 Å². The quantitative estimate of drug-likeness (QED) is 0.675. The third-order valence-electron chi connectivity index (χ3n) is 6.01. The van der Waals surface area contributed by atoms with Gasteiger partial charge in [0.15, 0.2) is 17.3 Å². The molecule has 0 saturated carbocycles. The number of piperidine rings is 1. The number of hydrogen-bond donors (Lipinski definition) is 1. The smallest absolute Gasteiger partial charge is 0.252 e. The largest absolute Gasteiger partial charge is 0.486 e. The van der Waals surface area contributed by atoms with Crippen molar-refractivity contribution in [3.8, 4) is 11.5 Å². The molecule has 3 heterocycles. The van der Waals surface area contributed by atoms with Crippen LogP contribution in [0.4, 0.5) is 0 Å². The lowest BCUT2D eigenvalue weighted by molar-refractivity contribution is 0.0833. The van der Waals surface area contributed by atoms with Gasteiger partial charge in [-0.05, 0) is 61.6 Å². The van der Waals surface area contributed by atoms with Crippen LogP contribution < -0.4 is 15.0 Å². The zero-order valence-corrected chi connectivity index (χ0v) is 16.7. The lowest BCUT2D eigenvalue weighted by Crippen LogP contribution is -2.37. The van der Waals surface area contributed by atoms with Gasteiger partial charge >= 0.3 is 0 Å². The zero-order valence-electron chi connectivity index (χ0n) is 16.7. The van der Waals surface area contributed by atoms with Crippen LogP contribution in [0.5, 0.6) is 11.5 Å². The van der Waals surface area contributed by atoms with E-state index in [0.29, 0.717) is 36.8 Å². The van der Waals surface area contributed by atoms with Gasteiger partial charge in [-0.2, -0.15) is 0 Å². The molecule has 0 radical (unpaired) electrons. The van der Waals surface area contributed by atoms with E-state index in [1.807, 2.05) is 42.5 Å². The number of hydrogen-bond acceptors (Lipinski definition) is 5. The van der Waals surface area contributed by atoms with E-state index in [-0.39, 0.29) is 17.3 Å². The number of ether oxygens (including phenoxy) is 2. The van der Waals surface area contributed by atoms with Gasteiger partial charge in [0.05, 0.1) is 0 Å². The average Bonchev–Trinajstić information content (AvgIpc) is 2.79. The Kier molecular flexibility index (Phi) is 5.01. The number of nitrogens with zero attached hydrogens (tertiary/aromatic N) is 1. The van der Waals surface area contributed by atoms with Crippen LogP contribution in [-0.2, 0) is 6.54 Å². The lowest BCUT2D eigenvalue weighted by atomic mass is 9.88. The Hall–Kier alpha value is -3.12. The van der Waals surface area contributed by atoms with Crippen LogP contribution in [0.25, 0.3) is 10.9 Å². The number of carbonyl (C=O) groups is 1. The van der Waals surface area contributed by atoms with Crippen molar-refractivity contribution in [3.05, 3.63) is 70.0 Å². The Morgan fingerprint density at radius 1 is 1.00 bits per heavy atom. The SMILES string of the molecule is O=C(c1ccc2c(c1)OCCO2)C1CCN(Cc2cc3ccccc3[nH]c2=O)CC1. The predicted molar refractivity (Wildman–Crippen MR) is 114 cm³/mol. The number of ketones is 1. The number of aromatic amines is 1. The van der Waals surface area contributed by atoms with Gasteiger partial charge in [0.2, 0.25) is 0 Å². The number of benzene rings is 2. The minimum absolute atomic E-state index is 0.00121. The van der Waals surface area contributed by atoms with Crippen LogP contribution in [0.15, 0.2) is 53.3 Å². The molecule has 1 saturated heterocycles. The summed E-state index contributed by atoms with van der Waals surface area (Å²) < 4.78 is 11.1. The first-order chi connectivity index (χ1) is 14.7. The van der Waals surface area contributed by atoms with Crippen LogP contribution >= 0.6 is 0 Å². The highest BCUT2D eigenvalue weighted by atomic mass is 16.6. The molecule has 0 atom stereocenters. The Bertz CT molecular complexity index is 1150. The average molecular weight is 404 g/mol. The fraction of sp³-hybridized carbons (Fsp3) is 0.333. The standard InChI is InChI=1S/C24H24N2O4/c27-23(18-5-6-21-22(14-18)30-12-11-29-21)16-7-9-26(10-8-16)15-19-13-17-3-1-2-4-20(17)25-24(19)28/h1-6,13-14,16H,7-12,15H2,(H,25,28). The van der Waals surface area contributed by atoms with Crippen LogP contribution in [0, 0.1) is 5.92 Å². The summed E-state index contributed by atoms with van der Waals surface area (Å²) in [5.41, 5.74) is 2.27. The highest BCUT2D eigenvalue weighted by molar-refractivity contribution is 5.98. The fourth-order valence-corrected chi connectivity index (χ4v) is 4.34. The number of para-hydroxylation sites is 1. The highest BCUT2D eigenvalue weighted by Gasteiger charge is 2.27. The van der Waals surface area contributed by atoms with Crippen molar-refractivity contribution in [1.29, 1.82) is 0 Å². The van der Waals surface area contributed by atoms with E-state index >= 15 is 0 Å². The molecule has 2 aromatic carbocycles. The monoisotopic (exact) mass is 404 g/mol. The molecule has 0 amide bonds. The second-order valence-electron chi connectivity index (χ2n) is 7.98. The predicted octanol–water partition coefficient (Wildman–Crippen LogP) is 3.39. The molecule has 1 aromatic heterocycles. The summed E-state index contributed by atoms with van der Waals surface area (Å²) in [6.07, 6.45) is 1.58. The van der Waals surface area contributed by atoms with E-state index in [1.54, 1.807) is 6.07 Å². The first kappa shape index (κ1) is 18.9. The maximum absolute atomic E-state index is 13.0. The fourth-order valence-electron chi connectivity index (χ4n) is 4.34. The number of rotatable bonds is 4. The van der Waals surface area contributed by atoms with E-state index in [0.717, 1.165) is 42.4 Å². The normalized spacial score (nSPS) is 17.2. The van der Waals surface area contributed by atoms with E-state index in [4.69, 9.17) is 9.47 Å². The first-order valence-electron chi connectivity index (χ1n) is 10.4. The van der Waals surface area contributed by atoms with Crippen LogP contribution in [0.2, 0.25) is 0 Å². The lowest BCUT2D eigenvalue weighted by Gasteiger charge is -2.31. The third kappa shape index (κ3) is 3.71. The molecule has 154 valence electrons. The molecule has 0 bridgehead atoms. The number of carbonyl (C=O) groups excluding carboxylic acids is 1. The number of nitrogens with one attached hydrogen (secondary N) is 1. The van der Waals surface area contributed by atoms with Crippen molar-refractivity contribution in [2.24, 2.45) is 5.92 Å². The summed E-state index contributed by atoms with van der Waals surface area (Å²) in [6.45, 7) is 3.25. The molecule has 0 spiro atoms. The Morgan fingerprint density at radius 3 is 2.60 bits per heavy atom. The Morgan fingerprint density at radius 2 is 1.77 bits per heavy atom. The first-order valence-corrected chi connectivity index (χ1v) is 10.4. The van der Waals surface area contributed by atoms with E-state index in [2.05, 4.69) is 9.88 Å². The molecular weight excluding hydrogens is 380 g/mol. The molecule has 2 aliphatic rings. The number of aromatic nitrogens is 1. The molecule has 6 nitrogen and oxygen atoms in total. The summed E-state index contributed by atoms with van der Waals surface area (Å²) in [6, 6.07) is 15.2. The molecule has 30 heavy (non-hydrogen) atoms. The Labute approximate surface area is 174 Å². The van der Waals surface area contributed by atoms with Gasteiger partial charge in [0.1, 0.15) is 13.2 Å². The van der Waals surface area contributed by atoms with Crippen molar-refractivity contribution in [1.82, 2.24) is 9.88 Å². The van der Waals surface area contributed by atoms with Gasteiger partial charge in [0.25, 0.3) is 5.56 Å². The summed E-state index contributed by atoms with van der Waals surface area (Å²) >= 11 is 0. The maximum Gasteiger partial charge on any atom is 0.252 e. The topological polar surface area (TPSA) is 71.6 Å². The van der Waals surface area contributed by atoms with Gasteiger partial charge in [0, 0.05) is 29.1 Å². The van der Waals surface area contributed by atoms with Crippen LogP contribution in [-0.4, -0.2) is 42.0 Å². The summed E-state index contributed by atoms with van der Waals surface area (Å²) in [4.78, 5) is 30.6. The van der Waals surface area contributed by atoms with Gasteiger partial charge in [-0.1, -0.05) is 18.2 Å². The molecule has 3 aromatic rings. The molecule has 0 unspecified atom stereocenters. The van der Waals surface area contributed by atoms with Crippen molar-refractivity contribution in [2.75, 3.05) is 26.3 Å². The van der Waals surface area contributed by atoms with Crippen molar-refractivity contribution >= 4 is 16.7 Å². The summed E-state index contributed by atoms with van der Waals surface area (Å²) in [7, 11) is 0. The number of Topliss-reactive ketones (excluding diaryl/α,β-unsaturated/α-hetero) is 1. The van der Waals surface area contributed by atoms with E-state index < -0.39 is 0 Å². The molecule has 6 heteroatoms. The minimum atomic E-state index is -0.0387. The summed E-state index contributed by atoms with van der Waals surface area (Å²) in [5, 5.41) is 1.04. The minimum Gasteiger partial charge on any atom is -0.486 e. The van der Waals surface area contributed by atoms with E-state index in [1.165, 1.54) is 0 Å². The van der Waals surface area contributed by atoms with Gasteiger partial charge in [-0.15, -0.1) is 0 Å². The molecule has 1 fully saturated rings. The van der Waals surface area contributed by atoms with Crippen molar-refractivity contribution in [3.63, 3.8) is 0 Å². The molecule has 1 N–H and O–H groups in total. The maximum atomic E-state index is 13.0. The number of fused-ring (bicyclic) bond motifs is 2. The molecule has 0 aliphatic carbocycles.